The smallest absolute Gasteiger partial charge is 0.341 e. The topological polar surface area (TPSA) is 116 Å². The number of carboxylic acids is 1. The van der Waals surface area contributed by atoms with Crippen molar-refractivity contribution in [2.24, 2.45) is 0 Å². The van der Waals surface area contributed by atoms with E-state index in [0.717, 1.165) is 22.4 Å². The summed E-state index contributed by atoms with van der Waals surface area (Å²) in [5.74, 6) is 0.692. The number of thioether (sulfide) groups is 1. The molecule has 2 N–H and O–H groups in total. The van der Waals surface area contributed by atoms with Gasteiger partial charge in [0.25, 0.3) is 0 Å². The van der Waals surface area contributed by atoms with Crippen LogP contribution in [-0.2, 0) is 10.5 Å². The van der Waals surface area contributed by atoms with Crippen LogP contribution in [0, 0.1) is 0 Å². The summed E-state index contributed by atoms with van der Waals surface area (Å²) in [6, 6.07) is 22.9. The van der Waals surface area contributed by atoms with Crippen molar-refractivity contribution in [3.8, 4) is 28.6 Å². The Morgan fingerprint density at radius 2 is 1.86 bits per heavy atom. The van der Waals surface area contributed by atoms with Crippen LogP contribution in [0.4, 0.5) is 5.69 Å². The van der Waals surface area contributed by atoms with Gasteiger partial charge >= 0.3 is 5.97 Å². The molecule has 36 heavy (non-hydrogen) atoms. The number of fused-ring (bicyclic) bond motifs is 3. The van der Waals surface area contributed by atoms with Crippen molar-refractivity contribution in [3.05, 3.63) is 83.9 Å². The number of aliphatic carboxylic acids is 1. The van der Waals surface area contributed by atoms with Gasteiger partial charge < -0.3 is 24.6 Å². The van der Waals surface area contributed by atoms with Crippen molar-refractivity contribution in [2.75, 3.05) is 19.0 Å². The monoisotopic (exact) mass is 502 g/mol. The molecule has 5 rings (SSSR count). The van der Waals surface area contributed by atoms with Crippen molar-refractivity contribution < 1.29 is 24.1 Å². The van der Waals surface area contributed by atoms with Crippen molar-refractivity contribution in [3.63, 3.8) is 0 Å². The highest BCUT2D eigenvalue weighted by Crippen LogP contribution is 2.41. The highest BCUT2D eigenvalue weighted by atomic mass is 32.2. The second-order valence-electron chi connectivity index (χ2n) is 7.80. The van der Waals surface area contributed by atoms with E-state index in [9.17, 15) is 4.79 Å². The summed E-state index contributed by atoms with van der Waals surface area (Å²) in [4.78, 5) is 15.6. The third-order valence-corrected chi connectivity index (χ3v) is 6.29. The van der Waals surface area contributed by atoms with Crippen LogP contribution in [0.15, 0.2) is 78.0 Å². The molecular weight excluding hydrogens is 480 g/mol. The first-order valence-corrected chi connectivity index (χ1v) is 12.1. The quantitative estimate of drug-likeness (QED) is 0.325. The molecule has 0 fully saturated rings. The second kappa shape index (κ2) is 10.5. The highest BCUT2D eigenvalue weighted by molar-refractivity contribution is 7.98. The minimum atomic E-state index is -1.07. The Labute approximate surface area is 211 Å². The maximum Gasteiger partial charge on any atom is 0.341 e. The molecule has 4 aromatic rings. The Morgan fingerprint density at radius 3 is 2.67 bits per heavy atom. The number of aromatic nitrogens is 3. The molecule has 0 bridgehead atoms. The molecule has 1 atom stereocenters. The molecule has 2 heterocycles. The Morgan fingerprint density at radius 1 is 1.06 bits per heavy atom. The number of para-hydroxylation sites is 1. The average molecular weight is 503 g/mol. The van der Waals surface area contributed by atoms with Gasteiger partial charge in [-0.3, -0.25) is 0 Å². The molecule has 0 saturated carbocycles. The van der Waals surface area contributed by atoms with Crippen LogP contribution in [0.3, 0.4) is 0 Å². The molecule has 1 aromatic heterocycles. The van der Waals surface area contributed by atoms with Crippen molar-refractivity contribution in [1.29, 1.82) is 0 Å². The number of carboxylic acid groups (broad SMARTS) is 1. The molecule has 0 radical (unpaired) electrons. The van der Waals surface area contributed by atoms with Crippen molar-refractivity contribution >= 4 is 23.4 Å². The van der Waals surface area contributed by atoms with E-state index in [1.54, 1.807) is 18.2 Å². The van der Waals surface area contributed by atoms with Gasteiger partial charge in [0.2, 0.25) is 11.0 Å². The molecule has 0 spiro atoms. The van der Waals surface area contributed by atoms with Gasteiger partial charge in [0, 0.05) is 22.6 Å². The van der Waals surface area contributed by atoms with E-state index in [1.807, 2.05) is 54.6 Å². The van der Waals surface area contributed by atoms with Crippen LogP contribution in [0.5, 0.6) is 17.4 Å². The van der Waals surface area contributed by atoms with E-state index in [4.69, 9.17) is 19.3 Å². The molecule has 3 aromatic carbocycles. The zero-order chi connectivity index (χ0) is 24.9. The lowest BCUT2D eigenvalue weighted by Crippen LogP contribution is -2.17. The molecule has 182 valence electrons. The standard InChI is InChI=1S/C26H22N4O5S/c1-33-21-13-17(11-12-20(21)34-14-22(31)32)24-27-19-10-6-5-9-18(19)23-25(35-24)28-26(30-29-23)36-15-16-7-3-2-4-8-16/h2-13,24,27H,14-15H2,1H3,(H,31,32)/t24-/m0/s1. The van der Waals surface area contributed by atoms with Gasteiger partial charge in [-0.1, -0.05) is 60.3 Å². The fourth-order valence-electron chi connectivity index (χ4n) is 3.69. The van der Waals surface area contributed by atoms with E-state index in [-0.39, 0.29) is 0 Å². The average Bonchev–Trinajstić information content (AvgIpc) is 3.07. The number of nitrogens with one attached hydrogen (secondary N) is 1. The summed E-state index contributed by atoms with van der Waals surface area (Å²) in [7, 11) is 1.49. The summed E-state index contributed by atoms with van der Waals surface area (Å²) >= 11 is 1.48. The Hall–Kier alpha value is -4.31. The van der Waals surface area contributed by atoms with Gasteiger partial charge in [-0.2, -0.15) is 4.98 Å². The van der Waals surface area contributed by atoms with Crippen molar-refractivity contribution in [2.45, 2.75) is 17.1 Å². The van der Waals surface area contributed by atoms with Gasteiger partial charge in [0.05, 0.1) is 7.11 Å². The minimum Gasteiger partial charge on any atom is -0.493 e. The molecule has 1 aliphatic rings. The summed E-state index contributed by atoms with van der Waals surface area (Å²) < 4.78 is 17.1. The summed E-state index contributed by atoms with van der Waals surface area (Å²) in [5, 5.41) is 21.6. The van der Waals surface area contributed by atoms with Gasteiger partial charge in [-0.25, -0.2) is 4.79 Å². The molecule has 1 aliphatic heterocycles. The zero-order valence-electron chi connectivity index (χ0n) is 19.2. The van der Waals surface area contributed by atoms with E-state index in [1.165, 1.54) is 18.9 Å². The number of ether oxygens (including phenoxy) is 3. The lowest BCUT2D eigenvalue weighted by atomic mass is 10.1. The van der Waals surface area contributed by atoms with Crippen molar-refractivity contribution in [1.82, 2.24) is 15.2 Å². The second-order valence-corrected chi connectivity index (χ2v) is 8.75. The number of hydrogen-bond acceptors (Lipinski definition) is 9. The number of benzene rings is 3. The van der Waals surface area contributed by atoms with Crippen LogP contribution in [0.25, 0.3) is 11.3 Å². The van der Waals surface area contributed by atoms with E-state index >= 15 is 0 Å². The fourth-order valence-corrected chi connectivity index (χ4v) is 4.42. The first-order chi connectivity index (χ1) is 17.6. The van der Waals surface area contributed by atoms with Gasteiger partial charge in [0.1, 0.15) is 0 Å². The number of methoxy groups -OCH3 is 1. The zero-order valence-corrected chi connectivity index (χ0v) is 20.1. The molecule has 9 nitrogen and oxygen atoms in total. The Balaban J connectivity index is 1.46. The predicted molar refractivity (Wildman–Crippen MR) is 134 cm³/mol. The van der Waals surface area contributed by atoms with E-state index < -0.39 is 18.8 Å². The van der Waals surface area contributed by atoms with Crippen LogP contribution < -0.4 is 19.5 Å². The van der Waals surface area contributed by atoms with Crippen LogP contribution in [0.2, 0.25) is 0 Å². The van der Waals surface area contributed by atoms with E-state index in [0.29, 0.717) is 34.0 Å². The number of nitrogens with zero attached hydrogens (tertiary/aromatic N) is 3. The van der Waals surface area contributed by atoms with Crippen LogP contribution >= 0.6 is 11.8 Å². The molecule has 0 aliphatic carbocycles. The van der Waals surface area contributed by atoms with E-state index in [2.05, 4.69) is 20.5 Å². The molecular formula is C26H22N4O5S. The normalized spacial score (nSPS) is 13.9. The lowest BCUT2D eigenvalue weighted by molar-refractivity contribution is -0.139. The maximum atomic E-state index is 10.9. The molecule has 0 saturated heterocycles. The highest BCUT2D eigenvalue weighted by Gasteiger charge is 2.27. The Kier molecular flexibility index (Phi) is 6.85. The molecule has 10 heteroatoms. The fraction of sp³-hybridized carbons (Fsp3) is 0.154. The Bertz CT molecular complexity index is 1390. The van der Waals surface area contributed by atoms with Gasteiger partial charge in [-0.05, 0) is 29.8 Å². The van der Waals surface area contributed by atoms with Gasteiger partial charge in [-0.15, -0.1) is 10.2 Å². The maximum absolute atomic E-state index is 10.9. The predicted octanol–water partition coefficient (Wildman–Crippen LogP) is 4.81. The summed E-state index contributed by atoms with van der Waals surface area (Å²) in [6.07, 6.45) is -0.626. The number of anilines is 1. The lowest BCUT2D eigenvalue weighted by Gasteiger charge is -2.20. The first-order valence-electron chi connectivity index (χ1n) is 11.1. The SMILES string of the molecule is COc1cc([C@H]2Nc3ccccc3-c3nnc(SCc4ccccc4)nc3O2)ccc1OCC(=O)O. The number of carbonyl (C=O) groups is 1. The summed E-state index contributed by atoms with van der Waals surface area (Å²) in [5.41, 5.74) is 4.06. The number of rotatable bonds is 8. The first kappa shape index (κ1) is 23.4. The summed E-state index contributed by atoms with van der Waals surface area (Å²) in [6.45, 7) is -0.472. The van der Waals surface area contributed by atoms with Crippen LogP contribution in [-0.4, -0.2) is 40.0 Å². The number of hydrogen-bond donors (Lipinski definition) is 2. The largest absolute Gasteiger partial charge is 0.493 e. The van der Waals surface area contributed by atoms with Crippen LogP contribution in [0.1, 0.15) is 17.4 Å². The van der Waals surface area contributed by atoms with Gasteiger partial charge in [0.15, 0.2) is 30.0 Å². The third kappa shape index (κ3) is 5.18. The molecule has 0 unspecified atom stereocenters. The third-order valence-electron chi connectivity index (χ3n) is 5.39. The molecule has 0 amide bonds. The minimum absolute atomic E-state index is 0.321.